The second-order valence-corrected chi connectivity index (χ2v) is 5.57. The monoisotopic (exact) mass is 291 g/mol. The molecule has 0 unspecified atom stereocenters. The van der Waals surface area contributed by atoms with E-state index in [1.54, 1.807) is 11.0 Å². The summed E-state index contributed by atoms with van der Waals surface area (Å²) in [6.07, 6.45) is 2.80. The second kappa shape index (κ2) is 4.96. The van der Waals surface area contributed by atoms with Crippen molar-refractivity contribution < 1.29 is 9.72 Å². The van der Waals surface area contributed by atoms with Gasteiger partial charge in [-0.2, -0.15) is 0 Å². The van der Waals surface area contributed by atoms with Crippen molar-refractivity contribution >= 4 is 17.4 Å². The number of piperazine rings is 1. The van der Waals surface area contributed by atoms with Crippen LogP contribution in [0.1, 0.15) is 12.8 Å². The van der Waals surface area contributed by atoms with Gasteiger partial charge in [-0.1, -0.05) is 0 Å². The summed E-state index contributed by atoms with van der Waals surface area (Å²) in [5.74, 6) is 0.736. The van der Waals surface area contributed by atoms with E-state index < -0.39 is 10.5 Å². The Bertz CT molecular complexity index is 562. The third kappa shape index (κ3) is 2.66. The number of anilines is 1. The molecule has 1 saturated carbocycles. The molecule has 0 radical (unpaired) electrons. The molecule has 1 aromatic rings. The van der Waals surface area contributed by atoms with Crippen LogP contribution in [0.25, 0.3) is 0 Å². The molecule has 1 saturated heterocycles. The van der Waals surface area contributed by atoms with Gasteiger partial charge in [-0.25, -0.2) is 4.98 Å². The number of carbonyl (C=O) groups excluding carboxylic acids is 1. The minimum absolute atomic E-state index is 0.0219. The molecule has 1 aromatic heterocycles. The Labute approximate surface area is 121 Å². The molecule has 8 nitrogen and oxygen atoms in total. The van der Waals surface area contributed by atoms with E-state index in [-0.39, 0.29) is 11.6 Å². The first-order valence-corrected chi connectivity index (χ1v) is 6.93. The van der Waals surface area contributed by atoms with Crippen LogP contribution in [-0.2, 0) is 4.79 Å². The van der Waals surface area contributed by atoms with E-state index in [4.69, 9.17) is 5.73 Å². The molecule has 2 aliphatic rings. The van der Waals surface area contributed by atoms with Gasteiger partial charge in [0.15, 0.2) is 0 Å². The Morgan fingerprint density at radius 3 is 2.43 bits per heavy atom. The molecule has 2 heterocycles. The summed E-state index contributed by atoms with van der Waals surface area (Å²) >= 11 is 0. The minimum Gasteiger partial charge on any atom is -0.353 e. The van der Waals surface area contributed by atoms with Gasteiger partial charge >= 0.3 is 0 Å². The molecule has 0 spiro atoms. The summed E-state index contributed by atoms with van der Waals surface area (Å²) in [6.45, 7) is 2.53. The lowest BCUT2D eigenvalue weighted by atomic mass is 10.2. The number of pyridine rings is 1. The zero-order valence-corrected chi connectivity index (χ0v) is 11.6. The average Bonchev–Trinajstić information content (AvgIpc) is 3.26. The topological polar surface area (TPSA) is 106 Å². The standard InChI is InChI=1S/C13H17N5O3/c14-13(3-4-13)12(19)17-7-5-16(6-8-17)11-2-1-10(9-15-11)18(20)21/h1-2,9H,3-8,14H2. The van der Waals surface area contributed by atoms with Gasteiger partial charge in [0.1, 0.15) is 12.0 Å². The molecule has 8 heteroatoms. The first-order chi connectivity index (χ1) is 9.99. The van der Waals surface area contributed by atoms with Crippen molar-refractivity contribution in [1.82, 2.24) is 9.88 Å². The Morgan fingerprint density at radius 2 is 1.95 bits per heavy atom. The minimum atomic E-state index is -0.617. The van der Waals surface area contributed by atoms with Gasteiger partial charge in [-0.05, 0) is 18.9 Å². The first kappa shape index (κ1) is 13.7. The van der Waals surface area contributed by atoms with Crippen molar-refractivity contribution in [3.05, 3.63) is 28.4 Å². The van der Waals surface area contributed by atoms with E-state index >= 15 is 0 Å². The van der Waals surface area contributed by atoms with Crippen LogP contribution in [0.5, 0.6) is 0 Å². The number of hydrogen-bond donors (Lipinski definition) is 1. The van der Waals surface area contributed by atoms with E-state index in [9.17, 15) is 14.9 Å². The van der Waals surface area contributed by atoms with Crippen LogP contribution in [0.4, 0.5) is 11.5 Å². The van der Waals surface area contributed by atoms with Gasteiger partial charge < -0.3 is 15.5 Å². The Balaban J connectivity index is 1.60. The largest absolute Gasteiger partial charge is 0.353 e. The SMILES string of the molecule is NC1(C(=O)N2CCN(c3ccc([N+](=O)[O-])cn3)CC2)CC1. The van der Waals surface area contributed by atoms with Crippen LogP contribution >= 0.6 is 0 Å². The van der Waals surface area contributed by atoms with Gasteiger partial charge in [-0.3, -0.25) is 14.9 Å². The van der Waals surface area contributed by atoms with Crippen molar-refractivity contribution in [3.63, 3.8) is 0 Å². The third-order valence-corrected chi connectivity index (χ3v) is 4.05. The number of nitrogens with zero attached hydrogens (tertiary/aromatic N) is 4. The summed E-state index contributed by atoms with van der Waals surface area (Å²) in [7, 11) is 0. The van der Waals surface area contributed by atoms with E-state index in [0.717, 1.165) is 12.8 Å². The zero-order chi connectivity index (χ0) is 15.0. The molecule has 3 rings (SSSR count). The highest BCUT2D eigenvalue weighted by Crippen LogP contribution is 2.34. The lowest BCUT2D eigenvalue weighted by Crippen LogP contribution is -2.54. The Morgan fingerprint density at radius 1 is 1.29 bits per heavy atom. The lowest BCUT2D eigenvalue weighted by Gasteiger charge is -2.36. The normalized spacial score (nSPS) is 20.2. The summed E-state index contributed by atoms with van der Waals surface area (Å²) in [5.41, 5.74) is 5.29. The van der Waals surface area contributed by atoms with Crippen molar-refractivity contribution in [2.24, 2.45) is 5.73 Å². The lowest BCUT2D eigenvalue weighted by molar-refractivity contribution is -0.385. The van der Waals surface area contributed by atoms with Crippen LogP contribution in [0.15, 0.2) is 18.3 Å². The Hall–Kier alpha value is -2.22. The molecule has 1 aliphatic carbocycles. The number of rotatable bonds is 3. The van der Waals surface area contributed by atoms with Crippen LogP contribution in [-0.4, -0.2) is 52.4 Å². The van der Waals surface area contributed by atoms with Crippen LogP contribution in [0.2, 0.25) is 0 Å². The maximum atomic E-state index is 12.1. The zero-order valence-electron chi connectivity index (χ0n) is 11.6. The third-order valence-electron chi connectivity index (χ3n) is 4.05. The quantitative estimate of drug-likeness (QED) is 0.627. The summed E-state index contributed by atoms with van der Waals surface area (Å²) in [4.78, 5) is 30.2. The number of hydrogen-bond acceptors (Lipinski definition) is 6. The van der Waals surface area contributed by atoms with Gasteiger partial charge in [0.25, 0.3) is 5.69 Å². The fourth-order valence-corrected chi connectivity index (χ4v) is 2.48. The molecule has 0 bridgehead atoms. The number of nitrogens with two attached hydrogens (primary N) is 1. The molecule has 1 aliphatic heterocycles. The highest BCUT2D eigenvalue weighted by atomic mass is 16.6. The predicted octanol–water partition coefficient (Wildman–Crippen LogP) is 0.130. The van der Waals surface area contributed by atoms with Crippen molar-refractivity contribution in [2.75, 3.05) is 31.1 Å². The van der Waals surface area contributed by atoms with Gasteiger partial charge in [0.05, 0.1) is 10.5 Å². The van der Waals surface area contributed by atoms with Crippen LogP contribution in [0.3, 0.4) is 0 Å². The summed E-state index contributed by atoms with van der Waals surface area (Å²) in [5, 5.41) is 10.6. The number of amides is 1. The molecule has 2 fully saturated rings. The molecule has 1 amide bonds. The van der Waals surface area contributed by atoms with Gasteiger partial charge in [0, 0.05) is 32.2 Å². The van der Waals surface area contributed by atoms with E-state index in [1.807, 2.05) is 4.90 Å². The fraction of sp³-hybridized carbons (Fsp3) is 0.538. The average molecular weight is 291 g/mol. The Kier molecular flexibility index (Phi) is 3.25. The van der Waals surface area contributed by atoms with Crippen molar-refractivity contribution in [3.8, 4) is 0 Å². The smallest absolute Gasteiger partial charge is 0.287 e. The van der Waals surface area contributed by atoms with Crippen molar-refractivity contribution in [1.29, 1.82) is 0 Å². The highest BCUT2D eigenvalue weighted by Gasteiger charge is 2.48. The van der Waals surface area contributed by atoms with Gasteiger partial charge in [0.2, 0.25) is 5.91 Å². The molecular formula is C13H17N5O3. The summed E-state index contributed by atoms with van der Waals surface area (Å²) in [6, 6.07) is 3.08. The van der Waals surface area contributed by atoms with E-state index in [2.05, 4.69) is 4.98 Å². The van der Waals surface area contributed by atoms with Gasteiger partial charge in [-0.15, -0.1) is 0 Å². The molecule has 21 heavy (non-hydrogen) atoms. The molecule has 112 valence electrons. The predicted molar refractivity (Wildman–Crippen MR) is 75.8 cm³/mol. The van der Waals surface area contributed by atoms with Crippen molar-refractivity contribution in [2.45, 2.75) is 18.4 Å². The summed E-state index contributed by atoms with van der Waals surface area (Å²) < 4.78 is 0. The van der Waals surface area contributed by atoms with E-state index in [1.165, 1.54) is 12.3 Å². The van der Waals surface area contributed by atoms with Crippen LogP contribution < -0.4 is 10.6 Å². The number of aromatic nitrogens is 1. The molecule has 0 aromatic carbocycles. The van der Waals surface area contributed by atoms with Crippen LogP contribution in [0, 0.1) is 10.1 Å². The van der Waals surface area contributed by atoms with E-state index in [0.29, 0.717) is 32.0 Å². The number of carbonyl (C=O) groups is 1. The molecule has 2 N–H and O–H groups in total. The fourth-order valence-electron chi connectivity index (χ4n) is 2.48. The maximum Gasteiger partial charge on any atom is 0.287 e. The number of nitro groups is 1. The highest BCUT2D eigenvalue weighted by molar-refractivity contribution is 5.89. The molecule has 0 atom stereocenters. The second-order valence-electron chi connectivity index (χ2n) is 5.57. The maximum absolute atomic E-state index is 12.1. The first-order valence-electron chi connectivity index (χ1n) is 6.93. The molecular weight excluding hydrogens is 274 g/mol.